The number of carboxylic acids is 1. The van der Waals surface area contributed by atoms with Gasteiger partial charge in [0.15, 0.2) is 5.78 Å². The van der Waals surface area contributed by atoms with Gasteiger partial charge in [0.2, 0.25) is 0 Å². The molecule has 0 aliphatic heterocycles. The molecule has 0 radical (unpaired) electrons. The Morgan fingerprint density at radius 3 is 1.96 bits per heavy atom. The molecule has 0 spiro atoms. The number of benzene rings is 1. The molecule has 27 heavy (non-hydrogen) atoms. The van der Waals surface area contributed by atoms with Crippen LogP contribution >= 0.6 is 0 Å². The van der Waals surface area contributed by atoms with Gasteiger partial charge in [0, 0.05) is 11.6 Å². The number of hydrogen-bond acceptors (Lipinski definition) is 3. The van der Waals surface area contributed by atoms with Gasteiger partial charge >= 0.3 is 5.97 Å². The van der Waals surface area contributed by atoms with Crippen LogP contribution in [0.5, 0.6) is 0 Å². The van der Waals surface area contributed by atoms with Crippen molar-refractivity contribution in [2.75, 3.05) is 0 Å². The summed E-state index contributed by atoms with van der Waals surface area (Å²) >= 11 is 0. The van der Waals surface area contributed by atoms with Gasteiger partial charge in [-0.25, -0.2) is 9.79 Å². The summed E-state index contributed by atoms with van der Waals surface area (Å²) in [6, 6.07) is 7.33. The first-order chi connectivity index (χ1) is 12.4. The molecule has 1 aromatic rings. The summed E-state index contributed by atoms with van der Waals surface area (Å²) in [5.74, 6) is -0.938. The number of aliphatic imine (C=N–C) groups is 1. The third-order valence-corrected chi connectivity index (χ3v) is 4.27. The SMILES string of the molecule is CC(C)(C)C1=CC(=Nc2ccc(C=CC(=O)O)cc2)C(C(C)(C)C)=CC1=O. The summed E-state index contributed by atoms with van der Waals surface area (Å²) in [6.45, 7) is 12.3. The predicted molar refractivity (Wildman–Crippen MR) is 110 cm³/mol. The molecular formula is C23H27NO3. The number of nitrogens with zero attached hydrogens (tertiary/aromatic N) is 1. The third kappa shape index (κ3) is 5.36. The second-order valence-corrected chi connectivity index (χ2v) is 8.74. The van der Waals surface area contributed by atoms with Crippen molar-refractivity contribution in [1.29, 1.82) is 0 Å². The fraction of sp³-hybridized carbons (Fsp3) is 0.348. The van der Waals surface area contributed by atoms with E-state index in [1.54, 1.807) is 6.08 Å². The van der Waals surface area contributed by atoms with Gasteiger partial charge in [0.25, 0.3) is 0 Å². The lowest BCUT2D eigenvalue weighted by molar-refractivity contribution is -0.131. The van der Waals surface area contributed by atoms with Gasteiger partial charge in [-0.1, -0.05) is 53.7 Å². The molecule has 0 fully saturated rings. The minimum absolute atomic E-state index is 0.0422. The first kappa shape index (κ1) is 20.6. The summed E-state index contributed by atoms with van der Waals surface area (Å²) in [4.78, 5) is 28.0. The molecule has 0 aromatic heterocycles. The molecule has 0 atom stereocenters. The quantitative estimate of drug-likeness (QED) is 0.577. The van der Waals surface area contributed by atoms with Crippen molar-refractivity contribution in [3.05, 3.63) is 59.2 Å². The molecule has 0 saturated heterocycles. The van der Waals surface area contributed by atoms with Gasteiger partial charge in [-0.15, -0.1) is 0 Å². The van der Waals surface area contributed by atoms with Crippen LogP contribution in [0, 0.1) is 10.8 Å². The Labute approximate surface area is 161 Å². The second-order valence-electron chi connectivity index (χ2n) is 8.74. The van der Waals surface area contributed by atoms with Gasteiger partial charge in [-0.3, -0.25) is 4.79 Å². The lowest BCUT2D eigenvalue weighted by Crippen LogP contribution is -2.27. The Balaban J connectivity index is 2.47. The number of rotatable bonds is 3. The van der Waals surface area contributed by atoms with E-state index in [2.05, 4.69) is 20.8 Å². The van der Waals surface area contributed by atoms with Crippen molar-refractivity contribution >= 4 is 29.2 Å². The summed E-state index contributed by atoms with van der Waals surface area (Å²) in [7, 11) is 0. The number of carbonyl (C=O) groups is 2. The van der Waals surface area contributed by atoms with E-state index in [-0.39, 0.29) is 16.6 Å². The Morgan fingerprint density at radius 2 is 1.48 bits per heavy atom. The fourth-order valence-corrected chi connectivity index (χ4v) is 2.81. The smallest absolute Gasteiger partial charge is 0.328 e. The van der Waals surface area contributed by atoms with E-state index in [1.165, 1.54) is 6.08 Å². The van der Waals surface area contributed by atoms with E-state index in [9.17, 15) is 9.59 Å². The van der Waals surface area contributed by atoms with Gasteiger partial charge in [-0.2, -0.15) is 0 Å². The molecule has 4 heteroatoms. The van der Waals surface area contributed by atoms with Crippen LogP contribution in [0.1, 0.15) is 47.1 Å². The largest absolute Gasteiger partial charge is 0.478 e. The number of carbonyl (C=O) groups excluding carboxylic acids is 1. The second kappa shape index (κ2) is 7.47. The van der Waals surface area contributed by atoms with Crippen LogP contribution < -0.4 is 0 Å². The van der Waals surface area contributed by atoms with Crippen LogP contribution in [0.3, 0.4) is 0 Å². The highest BCUT2D eigenvalue weighted by molar-refractivity contribution is 6.23. The Morgan fingerprint density at radius 1 is 0.926 bits per heavy atom. The summed E-state index contributed by atoms with van der Waals surface area (Å²) in [5, 5.41) is 8.71. The van der Waals surface area contributed by atoms with Crippen LogP contribution in [0.15, 0.2) is 58.6 Å². The molecule has 1 aliphatic carbocycles. The lowest BCUT2D eigenvalue weighted by Gasteiger charge is -2.30. The van der Waals surface area contributed by atoms with Crippen LogP contribution in [0.25, 0.3) is 6.08 Å². The van der Waals surface area contributed by atoms with Gasteiger partial charge < -0.3 is 5.11 Å². The average Bonchev–Trinajstić information content (AvgIpc) is 2.53. The maximum atomic E-state index is 12.6. The summed E-state index contributed by atoms with van der Waals surface area (Å²) < 4.78 is 0. The summed E-state index contributed by atoms with van der Waals surface area (Å²) in [6.07, 6.45) is 6.26. The maximum absolute atomic E-state index is 12.6. The van der Waals surface area contributed by atoms with Gasteiger partial charge in [-0.05, 0) is 52.3 Å². The number of allylic oxidation sites excluding steroid dienone is 4. The molecule has 0 heterocycles. The topological polar surface area (TPSA) is 66.7 Å². The number of hydrogen-bond donors (Lipinski definition) is 1. The zero-order chi connectivity index (χ0) is 20.4. The highest BCUT2D eigenvalue weighted by Crippen LogP contribution is 2.36. The molecular weight excluding hydrogens is 338 g/mol. The molecule has 0 bridgehead atoms. The standard InChI is InChI=1S/C23H27NO3/c1-22(2,3)17-14-20(25)18(23(4,5)6)13-19(17)24-16-10-7-15(8-11-16)9-12-21(26)27/h7-14H,1-6H3,(H,26,27). The zero-order valence-corrected chi connectivity index (χ0v) is 16.8. The van der Waals surface area contributed by atoms with Crippen molar-refractivity contribution in [3.63, 3.8) is 0 Å². The minimum Gasteiger partial charge on any atom is -0.478 e. The highest BCUT2D eigenvalue weighted by atomic mass is 16.4. The van der Waals surface area contributed by atoms with E-state index in [0.717, 1.165) is 34.2 Å². The van der Waals surface area contributed by atoms with E-state index >= 15 is 0 Å². The number of aliphatic carboxylic acids is 1. The molecule has 1 N–H and O–H groups in total. The van der Waals surface area contributed by atoms with Crippen LogP contribution in [0.4, 0.5) is 5.69 Å². The molecule has 1 aromatic carbocycles. The minimum atomic E-state index is -0.981. The van der Waals surface area contributed by atoms with Crippen molar-refractivity contribution in [3.8, 4) is 0 Å². The molecule has 4 nitrogen and oxygen atoms in total. The predicted octanol–water partition coefficient (Wildman–Crippen LogP) is 5.38. The third-order valence-electron chi connectivity index (χ3n) is 4.27. The molecule has 142 valence electrons. The first-order valence-corrected chi connectivity index (χ1v) is 8.97. The highest BCUT2D eigenvalue weighted by Gasteiger charge is 2.31. The van der Waals surface area contributed by atoms with Crippen LogP contribution in [-0.2, 0) is 9.59 Å². The molecule has 0 unspecified atom stereocenters. The van der Waals surface area contributed by atoms with Gasteiger partial charge in [0.1, 0.15) is 0 Å². The molecule has 1 aliphatic rings. The molecule has 0 saturated carbocycles. The average molecular weight is 365 g/mol. The van der Waals surface area contributed by atoms with E-state index < -0.39 is 5.97 Å². The fourth-order valence-electron chi connectivity index (χ4n) is 2.81. The van der Waals surface area contributed by atoms with Gasteiger partial charge in [0.05, 0.1) is 11.4 Å². The summed E-state index contributed by atoms with van der Waals surface area (Å²) in [5.41, 5.74) is 3.53. The maximum Gasteiger partial charge on any atom is 0.328 e. The van der Waals surface area contributed by atoms with Crippen molar-refractivity contribution < 1.29 is 14.7 Å². The zero-order valence-electron chi connectivity index (χ0n) is 16.8. The normalized spacial score (nSPS) is 17.3. The van der Waals surface area contributed by atoms with Crippen LogP contribution in [0.2, 0.25) is 0 Å². The number of ketones is 1. The number of carboxylic acid groups (broad SMARTS) is 1. The van der Waals surface area contributed by atoms with Crippen molar-refractivity contribution in [1.82, 2.24) is 0 Å². The van der Waals surface area contributed by atoms with E-state index in [0.29, 0.717) is 0 Å². The van der Waals surface area contributed by atoms with Crippen LogP contribution in [-0.4, -0.2) is 22.6 Å². The molecule has 0 amide bonds. The van der Waals surface area contributed by atoms with E-state index in [1.807, 2.05) is 51.1 Å². The van der Waals surface area contributed by atoms with Crippen molar-refractivity contribution in [2.45, 2.75) is 41.5 Å². The Hall–Kier alpha value is -2.75. The molecule has 2 rings (SSSR count). The monoisotopic (exact) mass is 365 g/mol. The van der Waals surface area contributed by atoms with E-state index in [4.69, 9.17) is 10.1 Å². The Kier molecular flexibility index (Phi) is 5.69. The lowest BCUT2D eigenvalue weighted by atomic mass is 9.74. The van der Waals surface area contributed by atoms with Crippen molar-refractivity contribution in [2.24, 2.45) is 15.8 Å². The first-order valence-electron chi connectivity index (χ1n) is 8.97. The Bertz CT molecular complexity index is 868.